The molecule has 60 valence electrons. The van der Waals surface area contributed by atoms with Gasteiger partial charge in [-0.05, 0) is 13.3 Å². The SMILES string of the molecule is CCOC(=O)NCCCBr. The fraction of sp³-hybridized carbons (Fsp3) is 0.833. The lowest BCUT2D eigenvalue weighted by molar-refractivity contribution is 0.152. The Balaban J connectivity index is 3.05. The first-order chi connectivity index (χ1) is 4.81. The van der Waals surface area contributed by atoms with E-state index in [0.717, 1.165) is 11.8 Å². The third kappa shape index (κ3) is 5.88. The van der Waals surface area contributed by atoms with E-state index in [1.807, 2.05) is 0 Å². The van der Waals surface area contributed by atoms with Gasteiger partial charge in [-0.15, -0.1) is 0 Å². The van der Waals surface area contributed by atoms with Crippen LogP contribution in [-0.2, 0) is 4.74 Å². The molecule has 10 heavy (non-hydrogen) atoms. The highest BCUT2D eigenvalue weighted by Gasteiger charge is 1.96. The lowest BCUT2D eigenvalue weighted by Gasteiger charge is -2.02. The van der Waals surface area contributed by atoms with Crippen molar-refractivity contribution < 1.29 is 9.53 Å². The molecule has 0 saturated carbocycles. The van der Waals surface area contributed by atoms with Crippen LogP contribution >= 0.6 is 15.9 Å². The molecule has 1 amide bonds. The topological polar surface area (TPSA) is 38.3 Å². The highest BCUT2D eigenvalue weighted by atomic mass is 79.9. The Hall–Kier alpha value is -0.250. The predicted octanol–water partition coefficient (Wildman–Crippen LogP) is 1.52. The summed E-state index contributed by atoms with van der Waals surface area (Å²) in [6.45, 7) is 2.88. The molecule has 0 spiro atoms. The van der Waals surface area contributed by atoms with E-state index < -0.39 is 0 Å². The fourth-order valence-corrected chi connectivity index (χ4v) is 0.720. The van der Waals surface area contributed by atoms with Gasteiger partial charge in [0.1, 0.15) is 0 Å². The van der Waals surface area contributed by atoms with Crippen molar-refractivity contribution in [3.05, 3.63) is 0 Å². The Kier molecular flexibility index (Phi) is 6.69. The van der Waals surface area contributed by atoms with Gasteiger partial charge in [-0.3, -0.25) is 0 Å². The number of nitrogens with one attached hydrogen (secondary N) is 1. The summed E-state index contributed by atoms with van der Waals surface area (Å²) < 4.78 is 4.62. The average Bonchev–Trinajstić information content (AvgIpc) is 1.89. The third-order valence-electron chi connectivity index (χ3n) is 0.855. The van der Waals surface area contributed by atoms with E-state index in [1.54, 1.807) is 6.92 Å². The molecule has 0 saturated heterocycles. The van der Waals surface area contributed by atoms with Crippen LogP contribution in [0.25, 0.3) is 0 Å². The maximum Gasteiger partial charge on any atom is 0.407 e. The van der Waals surface area contributed by atoms with E-state index >= 15 is 0 Å². The van der Waals surface area contributed by atoms with Gasteiger partial charge in [-0.2, -0.15) is 0 Å². The number of halogens is 1. The molecule has 0 fully saturated rings. The van der Waals surface area contributed by atoms with E-state index in [4.69, 9.17) is 0 Å². The van der Waals surface area contributed by atoms with Crippen LogP contribution in [-0.4, -0.2) is 24.6 Å². The molecule has 0 aliphatic heterocycles. The molecule has 0 atom stereocenters. The van der Waals surface area contributed by atoms with E-state index in [9.17, 15) is 4.79 Å². The summed E-state index contributed by atoms with van der Waals surface area (Å²) in [6, 6.07) is 0. The number of hydrogen-bond donors (Lipinski definition) is 1. The molecule has 1 N–H and O–H groups in total. The molecule has 0 aliphatic carbocycles. The third-order valence-corrected chi connectivity index (χ3v) is 1.42. The van der Waals surface area contributed by atoms with Crippen LogP contribution in [0.5, 0.6) is 0 Å². The van der Waals surface area contributed by atoms with Gasteiger partial charge >= 0.3 is 6.09 Å². The van der Waals surface area contributed by atoms with Crippen molar-refractivity contribution in [1.82, 2.24) is 5.32 Å². The summed E-state index contributed by atoms with van der Waals surface area (Å²) in [7, 11) is 0. The van der Waals surface area contributed by atoms with Crippen LogP contribution in [0, 0.1) is 0 Å². The Morgan fingerprint density at radius 3 is 2.90 bits per heavy atom. The molecule has 0 aromatic heterocycles. The maximum absolute atomic E-state index is 10.6. The first-order valence-electron chi connectivity index (χ1n) is 3.27. The number of alkyl halides is 1. The number of amides is 1. The van der Waals surface area contributed by atoms with Gasteiger partial charge in [0, 0.05) is 11.9 Å². The van der Waals surface area contributed by atoms with Crippen LogP contribution in [0.1, 0.15) is 13.3 Å². The number of carbonyl (C=O) groups excluding carboxylic acids is 1. The van der Waals surface area contributed by atoms with E-state index in [-0.39, 0.29) is 6.09 Å². The van der Waals surface area contributed by atoms with Crippen molar-refractivity contribution in [1.29, 1.82) is 0 Å². The van der Waals surface area contributed by atoms with Crippen molar-refractivity contribution in [2.75, 3.05) is 18.5 Å². The molecular weight excluding hydrogens is 198 g/mol. The Labute approximate surface area is 69.3 Å². The minimum atomic E-state index is -0.330. The fourth-order valence-electron chi connectivity index (χ4n) is 0.439. The van der Waals surface area contributed by atoms with Crippen molar-refractivity contribution >= 4 is 22.0 Å². The van der Waals surface area contributed by atoms with Gasteiger partial charge in [0.05, 0.1) is 6.61 Å². The molecule has 0 rings (SSSR count). The van der Waals surface area contributed by atoms with Crippen LogP contribution in [0.2, 0.25) is 0 Å². The summed E-state index contributed by atoms with van der Waals surface area (Å²) >= 11 is 3.25. The normalized spacial score (nSPS) is 9.00. The van der Waals surface area contributed by atoms with Crippen molar-refractivity contribution in [2.45, 2.75) is 13.3 Å². The zero-order chi connectivity index (χ0) is 7.82. The van der Waals surface area contributed by atoms with Gasteiger partial charge < -0.3 is 10.1 Å². The highest BCUT2D eigenvalue weighted by Crippen LogP contribution is 1.85. The molecule has 0 bridgehead atoms. The Morgan fingerprint density at radius 1 is 1.70 bits per heavy atom. The minimum absolute atomic E-state index is 0.330. The Morgan fingerprint density at radius 2 is 2.40 bits per heavy atom. The molecule has 4 heteroatoms. The monoisotopic (exact) mass is 209 g/mol. The number of hydrogen-bond acceptors (Lipinski definition) is 2. The number of carbonyl (C=O) groups is 1. The summed E-state index contributed by atoms with van der Waals surface area (Å²) in [5.41, 5.74) is 0. The molecule has 0 aromatic carbocycles. The van der Waals surface area contributed by atoms with Gasteiger partial charge in [0.25, 0.3) is 0 Å². The molecule has 0 aromatic rings. The number of alkyl carbamates (subject to hydrolysis) is 1. The molecule has 3 nitrogen and oxygen atoms in total. The standard InChI is InChI=1S/C6H12BrNO2/c1-2-10-6(9)8-5-3-4-7/h2-5H2,1H3,(H,8,9). The predicted molar refractivity (Wildman–Crippen MR) is 43.4 cm³/mol. The van der Waals surface area contributed by atoms with E-state index in [1.165, 1.54) is 0 Å². The van der Waals surface area contributed by atoms with Gasteiger partial charge in [-0.1, -0.05) is 15.9 Å². The molecule has 0 unspecified atom stereocenters. The Bertz CT molecular complexity index is 97.7. The largest absolute Gasteiger partial charge is 0.450 e. The minimum Gasteiger partial charge on any atom is -0.450 e. The zero-order valence-corrected chi connectivity index (χ0v) is 7.61. The zero-order valence-electron chi connectivity index (χ0n) is 6.02. The molecule has 0 aliphatic rings. The molecule has 0 radical (unpaired) electrons. The van der Waals surface area contributed by atoms with Gasteiger partial charge in [0.2, 0.25) is 0 Å². The van der Waals surface area contributed by atoms with Crippen molar-refractivity contribution in [2.24, 2.45) is 0 Å². The summed E-state index contributed by atoms with van der Waals surface area (Å²) in [5.74, 6) is 0. The number of ether oxygens (including phenoxy) is 1. The number of rotatable bonds is 4. The van der Waals surface area contributed by atoms with Gasteiger partial charge in [-0.25, -0.2) is 4.79 Å². The van der Waals surface area contributed by atoms with Crippen LogP contribution in [0.3, 0.4) is 0 Å². The van der Waals surface area contributed by atoms with Crippen LogP contribution < -0.4 is 5.32 Å². The smallest absolute Gasteiger partial charge is 0.407 e. The van der Waals surface area contributed by atoms with Gasteiger partial charge in [0.15, 0.2) is 0 Å². The van der Waals surface area contributed by atoms with E-state index in [2.05, 4.69) is 26.0 Å². The summed E-state index contributed by atoms with van der Waals surface area (Å²) in [6.07, 6.45) is 0.599. The second kappa shape index (κ2) is 6.86. The maximum atomic E-state index is 10.6. The first-order valence-corrected chi connectivity index (χ1v) is 4.40. The molecular formula is C6H12BrNO2. The lowest BCUT2D eigenvalue weighted by atomic mass is 10.5. The average molecular weight is 210 g/mol. The highest BCUT2D eigenvalue weighted by molar-refractivity contribution is 9.09. The van der Waals surface area contributed by atoms with E-state index in [0.29, 0.717) is 13.2 Å². The summed E-state index contributed by atoms with van der Waals surface area (Å²) in [4.78, 5) is 10.6. The summed E-state index contributed by atoms with van der Waals surface area (Å²) in [5, 5.41) is 3.50. The molecule has 0 heterocycles. The van der Waals surface area contributed by atoms with Crippen LogP contribution in [0.15, 0.2) is 0 Å². The second-order valence-corrected chi connectivity index (χ2v) is 2.48. The van der Waals surface area contributed by atoms with Crippen LogP contribution in [0.4, 0.5) is 4.79 Å². The van der Waals surface area contributed by atoms with Crippen molar-refractivity contribution in [3.63, 3.8) is 0 Å². The van der Waals surface area contributed by atoms with Crippen molar-refractivity contribution in [3.8, 4) is 0 Å². The second-order valence-electron chi connectivity index (χ2n) is 1.69. The lowest BCUT2D eigenvalue weighted by Crippen LogP contribution is -2.25. The quantitative estimate of drug-likeness (QED) is 0.564. The first kappa shape index (κ1) is 9.75.